The summed E-state index contributed by atoms with van der Waals surface area (Å²) in [7, 11) is 3.90. The van der Waals surface area contributed by atoms with E-state index in [9.17, 15) is 0 Å². The van der Waals surface area contributed by atoms with Crippen molar-refractivity contribution >= 4 is 41.5 Å². The third-order valence-corrected chi connectivity index (χ3v) is 4.48. The highest BCUT2D eigenvalue weighted by Crippen LogP contribution is 2.15. The van der Waals surface area contributed by atoms with Gasteiger partial charge in [0.1, 0.15) is 0 Å². The lowest BCUT2D eigenvalue weighted by Crippen LogP contribution is -2.41. The molecule has 23 heavy (non-hydrogen) atoms. The summed E-state index contributed by atoms with van der Waals surface area (Å²) in [5.41, 5.74) is 1.19. The summed E-state index contributed by atoms with van der Waals surface area (Å²) in [6, 6.07) is 7.98. The number of aliphatic imine (C=N–C) groups is 1. The molecule has 1 aliphatic heterocycles. The van der Waals surface area contributed by atoms with Crippen LogP contribution >= 0.6 is 35.6 Å². The number of guanidine groups is 1. The second-order valence-corrected chi connectivity index (χ2v) is 6.40. The maximum absolute atomic E-state index is 6.05. The molecule has 1 atom stereocenters. The molecule has 6 heteroatoms. The fourth-order valence-corrected chi connectivity index (χ4v) is 3.18. The van der Waals surface area contributed by atoms with Gasteiger partial charge < -0.3 is 15.1 Å². The van der Waals surface area contributed by atoms with E-state index in [0.29, 0.717) is 0 Å². The van der Waals surface area contributed by atoms with E-state index in [1.54, 1.807) is 0 Å². The van der Waals surface area contributed by atoms with Crippen LogP contribution in [-0.2, 0) is 6.54 Å². The number of hydrogen-bond acceptors (Lipinski definition) is 2. The smallest absolute Gasteiger partial charge is 0.193 e. The van der Waals surface area contributed by atoms with Crippen LogP contribution in [0.15, 0.2) is 29.3 Å². The molecule has 0 amide bonds. The topological polar surface area (TPSA) is 30.9 Å². The second kappa shape index (κ2) is 10.4. The van der Waals surface area contributed by atoms with Crippen molar-refractivity contribution in [1.82, 2.24) is 15.1 Å². The molecule has 0 bridgehead atoms. The van der Waals surface area contributed by atoms with Gasteiger partial charge in [-0.1, -0.05) is 30.7 Å². The van der Waals surface area contributed by atoms with Gasteiger partial charge in [-0.3, -0.25) is 4.99 Å². The molecular formula is C17H28ClIN4. The largest absolute Gasteiger partial charge is 0.356 e. The molecule has 0 aromatic heterocycles. The summed E-state index contributed by atoms with van der Waals surface area (Å²) in [6.07, 6.45) is 1.27. The minimum atomic E-state index is 0. The number of halogens is 2. The number of nitrogens with one attached hydrogen (secondary N) is 1. The zero-order valence-corrected chi connectivity index (χ0v) is 17.3. The lowest BCUT2D eigenvalue weighted by Gasteiger charge is -2.23. The highest BCUT2D eigenvalue weighted by atomic mass is 127. The molecule has 0 spiro atoms. The van der Waals surface area contributed by atoms with E-state index in [-0.39, 0.29) is 24.0 Å². The van der Waals surface area contributed by atoms with E-state index in [4.69, 9.17) is 11.6 Å². The molecule has 1 N–H and O–H groups in total. The Morgan fingerprint density at radius 3 is 2.87 bits per heavy atom. The van der Waals surface area contributed by atoms with Crippen LogP contribution in [0.25, 0.3) is 0 Å². The number of hydrogen-bond donors (Lipinski definition) is 1. The minimum Gasteiger partial charge on any atom is -0.356 e. The van der Waals surface area contributed by atoms with Crippen molar-refractivity contribution < 1.29 is 0 Å². The van der Waals surface area contributed by atoms with Crippen LogP contribution in [0, 0.1) is 5.92 Å². The van der Waals surface area contributed by atoms with E-state index in [2.05, 4.69) is 40.1 Å². The molecule has 1 saturated heterocycles. The van der Waals surface area contributed by atoms with Gasteiger partial charge >= 0.3 is 0 Å². The molecular weight excluding hydrogens is 423 g/mol. The average Bonchev–Trinajstić information content (AvgIpc) is 2.96. The molecule has 130 valence electrons. The van der Waals surface area contributed by atoms with Crippen molar-refractivity contribution in [3.05, 3.63) is 34.9 Å². The molecule has 1 fully saturated rings. The van der Waals surface area contributed by atoms with Crippen molar-refractivity contribution in [1.29, 1.82) is 0 Å². The average molecular weight is 451 g/mol. The van der Waals surface area contributed by atoms with Crippen LogP contribution < -0.4 is 5.32 Å². The standard InChI is InChI=1S/C17H27ClN4.HI/c1-4-22-9-8-15(13-22)11-20-17(19-2)21(3)12-14-6-5-7-16(18)10-14;/h5-7,10,15H,4,8-9,11-13H2,1-3H3,(H,19,20);1H. The molecule has 0 saturated carbocycles. The minimum absolute atomic E-state index is 0. The van der Waals surface area contributed by atoms with Crippen LogP contribution in [0.2, 0.25) is 5.02 Å². The maximum atomic E-state index is 6.05. The van der Waals surface area contributed by atoms with Crippen molar-refractivity contribution in [2.24, 2.45) is 10.9 Å². The van der Waals surface area contributed by atoms with Gasteiger partial charge in [-0.25, -0.2) is 0 Å². The first kappa shape index (κ1) is 20.5. The van der Waals surface area contributed by atoms with Crippen LogP contribution in [-0.4, -0.2) is 56.0 Å². The summed E-state index contributed by atoms with van der Waals surface area (Å²) < 4.78 is 0. The molecule has 0 aliphatic carbocycles. The third-order valence-electron chi connectivity index (χ3n) is 4.25. The summed E-state index contributed by atoms with van der Waals surface area (Å²) in [5, 5.41) is 4.28. The first-order valence-electron chi connectivity index (χ1n) is 8.01. The van der Waals surface area contributed by atoms with Gasteiger partial charge in [0.05, 0.1) is 0 Å². The lowest BCUT2D eigenvalue weighted by atomic mass is 10.1. The van der Waals surface area contributed by atoms with Crippen LogP contribution in [0.1, 0.15) is 18.9 Å². The number of rotatable bonds is 5. The van der Waals surface area contributed by atoms with Gasteiger partial charge in [0.15, 0.2) is 5.96 Å². The molecule has 1 aliphatic rings. The molecule has 0 radical (unpaired) electrons. The normalized spacial score (nSPS) is 18.6. The molecule has 1 heterocycles. The highest BCUT2D eigenvalue weighted by Gasteiger charge is 2.21. The zero-order chi connectivity index (χ0) is 15.9. The maximum Gasteiger partial charge on any atom is 0.193 e. The zero-order valence-electron chi connectivity index (χ0n) is 14.3. The Labute approximate surface area is 162 Å². The highest BCUT2D eigenvalue weighted by molar-refractivity contribution is 14.0. The third kappa shape index (κ3) is 6.47. The summed E-state index contributed by atoms with van der Waals surface area (Å²) >= 11 is 6.05. The Morgan fingerprint density at radius 2 is 2.26 bits per heavy atom. The first-order valence-corrected chi connectivity index (χ1v) is 8.38. The van der Waals surface area contributed by atoms with Gasteiger partial charge in [-0.2, -0.15) is 0 Å². The Hall–Kier alpha value is -0.530. The second-order valence-electron chi connectivity index (χ2n) is 5.96. The van der Waals surface area contributed by atoms with E-state index < -0.39 is 0 Å². The summed E-state index contributed by atoms with van der Waals surface area (Å²) in [6.45, 7) is 7.58. The van der Waals surface area contributed by atoms with E-state index >= 15 is 0 Å². The Balaban J connectivity index is 0.00000264. The van der Waals surface area contributed by atoms with Crippen molar-refractivity contribution in [2.45, 2.75) is 19.9 Å². The van der Waals surface area contributed by atoms with E-state index in [0.717, 1.165) is 36.5 Å². The summed E-state index contributed by atoms with van der Waals surface area (Å²) in [5.74, 6) is 1.66. The van der Waals surface area contributed by atoms with Crippen LogP contribution in [0.4, 0.5) is 0 Å². The van der Waals surface area contributed by atoms with Gasteiger partial charge in [-0.15, -0.1) is 24.0 Å². The molecule has 4 nitrogen and oxygen atoms in total. The fourth-order valence-electron chi connectivity index (χ4n) is 2.97. The predicted octanol–water partition coefficient (Wildman–Crippen LogP) is 3.31. The van der Waals surface area contributed by atoms with Crippen LogP contribution in [0.3, 0.4) is 0 Å². The molecule has 1 aromatic rings. The number of likely N-dealkylation sites (tertiary alicyclic amines) is 1. The first-order chi connectivity index (χ1) is 10.6. The quantitative estimate of drug-likeness (QED) is 0.424. The van der Waals surface area contributed by atoms with Gasteiger partial charge in [0, 0.05) is 38.8 Å². The number of nitrogens with zero attached hydrogens (tertiary/aromatic N) is 3. The van der Waals surface area contributed by atoms with Crippen LogP contribution in [0.5, 0.6) is 0 Å². The van der Waals surface area contributed by atoms with Crippen molar-refractivity contribution in [3.63, 3.8) is 0 Å². The molecule has 1 aromatic carbocycles. The molecule has 1 unspecified atom stereocenters. The fraction of sp³-hybridized carbons (Fsp3) is 0.588. The van der Waals surface area contributed by atoms with E-state index in [1.165, 1.54) is 25.1 Å². The molecule has 2 rings (SSSR count). The van der Waals surface area contributed by atoms with E-state index in [1.807, 2.05) is 25.2 Å². The summed E-state index contributed by atoms with van der Waals surface area (Å²) in [4.78, 5) is 9.03. The Kier molecular flexibility index (Phi) is 9.24. The number of benzene rings is 1. The van der Waals surface area contributed by atoms with Gasteiger partial charge in [0.2, 0.25) is 0 Å². The van der Waals surface area contributed by atoms with Crippen molar-refractivity contribution in [2.75, 3.05) is 40.3 Å². The van der Waals surface area contributed by atoms with Gasteiger partial charge in [0.25, 0.3) is 0 Å². The van der Waals surface area contributed by atoms with Crippen molar-refractivity contribution in [3.8, 4) is 0 Å². The van der Waals surface area contributed by atoms with Gasteiger partial charge in [-0.05, 0) is 43.1 Å². The SMILES string of the molecule is CCN1CCC(CNC(=NC)N(C)Cc2cccc(Cl)c2)C1.I. The Bertz CT molecular complexity index is 509. The lowest BCUT2D eigenvalue weighted by molar-refractivity contribution is 0.340. The predicted molar refractivity (Wildman–Crippen MR) is 110 cm³/mol. The Morgan fingerprint density at radius 1 is 1.48 bits per heavy atom. The monoisotopic (exact) mass is 450 g/mol.